The van der Waals surface area contributed by atoms with Crippen molar-refractivity contribution in [1.29, 1.82) is 0 Å². The van der Waals surface area contributed by atoms with Crippen molar-refractivity contribution in [2.45, 2.75) is 19.6 Å². The van der Waals surface area contributed by atoms with E-state index in [0.29, 0.717) is 11.4 Å². The van der Waals surface area contributed by atoms with Crippen LogP contribution >= 0.6 is 0 Å². The highest BCUT2D eigenvalue weighted by Crippen LogP contribution is 2.37. The maximum absolute atomic E-state index is 12.8. The molecule has 2 amide bonds. The second-order valence-electron chi connectivity index (χ2n) is 7.56. The molecule has 0 radical (unpaired) electrons. The molecule has 1 aliphatic rings. The monoisotopic (exact) mass is 462 g/mol. The fourth-order valence-electron chi connectivity index (χ4n) is 3.55. The summed E-state index contributed by atoms with van der Waals surface area (Å²) in [5.41, 5.74) is 0.213. The molecule has 0 aromatic heterocycles. The van der Waals surface area contributed by atoms with Gasteiger partial charge in [0.05, 0.1) is 33.7 Å². The lowest BCUT2D eigenvalue weighted by Gasteiger charge is -2.33. The highest BCUT2D eigenvalue weighted by atomic mass is 16.6. The molecule has 1 unspecified atom stereocenters. The van der Waals surface area contributed by atoms with Gasteiger partial charge in [0.1, 0.15) is 5.75 Å². The van der Waals surface area contributed by atoms with Gasteiger partial charge in [-0.1, -0.05) is 30.3 Å². The lowest BCUT2D eigenvalue weighted by atomic mass is 10.1. The van der Waals surface area contributed by atoms with E-state index in [2.05, 4.69) is 5.32 Å². The van der Waals surface area contributed by atoms with Crippen molar-refractivity contribution in [2.24, 2.45) is 0 Å². The number of anilines is 2. The molecule has 0 spiro atoms. The molecule has 0 saturated carbocycles. The van der Waals surface area contributed by atoms with Crippen molar-refractivity contribution in [3.05, 3.63) is 98.1 Å². The average molecular weight is 462 g/mol. The number of carbonyl (C=O) groups excluding carboxylic acids is 2. The second kappa shape index (κ2) is 8.98. The van der Waals surface area contributed by atoms with Crippen LogP contribution in [0.15, 0.2) is 66.7 Å². The van der Waals surface area contributed by atoms with Crippen LogP contribution in [0.4, 0.5) is 22.7 Å². The summed E-state index contributed by atoms with van der Waals surface area (Å²) in [5, 5.41) is 24.8. The lowest BCUT2D eigenvalue weighted by molar-refractivity contribution is -0.394. The Morgan fingerprint density at radius 1 is 1.00 bits per heavy atom. The van der Waals surface area contributed by atoms with Gasteiger partial charge in [-0.25, -0.2) is 0 Å². The first kappa shape index (κ1) is 22.4. The maximum atomic E-state index is 12.8. The third kappa shape index (κ3) is 4.53. The number of ether oxygens (including phenoxy) is 1. The molecule has 0 bridgehead atoms. The molecule has 1 heterocycles. The van der Waals surface area contributed by atoms with E-state index in [9.17, 15) is 29.8 Å². The smallest absolute Gasteiger partial charge is 0.277 e. The van der Waals surface area contributed by atoms with Gasteiger partial charge in [-0.3, -0.25) is 29.8 Å². The Morgan fingerprint density at radius 2 is 1.65 bits per heavy atom. The molecule has 11 nitrogen and oxygen atoms in total. The molecule has 0 saturated heterocycles. The zero-order valence-electron chi connectivity index (χ0n) is 17.8. The topological polar surface area (TPSA) is 145 Å². The standard InChI is InChI=1S/C23H18N4O7/c1-14-23(29)25(13-15-5-3-2-4-6-15)20-11-17(7-8-21(20)34-14)24-22(28)16-9-18(26(30)31)12-19(10-16)27(32)33/h2-12,14H,13H2,1H3,(H,24,28). The van der Waals surface area contributed by atoms with Crippen molar-refractivity contribution < 1.29 is 24.2 Å². The first-order valence-corrected chi connectivity index (χ1v) is 10.1. The Balaban J connectivity index is 1.65. The number of non-ortho nitro benzene ring substituents is 2. The highest BCUT2D eigenvalue weighted by Gasteiger charge is 2.32. The zero-order chi connectivity index (χ0) is 24.4. The van der Waals surface area contributed by atoms with Gasteiger partial charge in [-0.2, -0.15) is 0 Å². The third-order valence-electron chi connectivity index (χ3n) is 5.20. The van der Waals surface area contributed by atoms with Crippen LogP contribution in [0, 0.1) is 20.2 Å². The van der Waals surface area contributed by atoms with E-state index in [-0.39, 0.29) is 23.7 Å². The van der Waals surface area contributed by atoms with Crippen LogP contribution < -0.4 is 15.0 Å². The number of benzene rings is 3. The number of carbonyl (C=O) groups is 2. The number of nitrogens with zero attached hydrogens (tertiary/aromatic N) is 3. The molecule has 3 aromatic rings. The lowest BCUT2D eigenvalue weighted by Crippen LogP contribution is -2.44. The molecule has 0 fully saturated rings. The first-order valence-electron chi connectivity index (χ1n) is 10.1. The Kier molecular flexibility index (Phi) is 5.92. The number of fused-ring (bicyclic) bond motifs is 1. The van der Waals surface area contributed by atoms with Crippen LogP contribution in [0.1, 0.15) is 22.8 Å². The molecular formula is C23H18N4O7. The largest absolute Gasteiger partial charge is 0.479 e. The Morgan fingerprint density at radius 3 is 2.26 bits per heavy atom. The van der Waals surface area contributed by atoms with Crippen LogP contribution in [-0.2, 0) is 11.3 Å². The van der Waals surface area contributed by atoms with Gasteiger partial charge in [0.2, 0.25) is 0 Å². The number of nitro groups is 2. The van der Waals surface area contributed by atoms with Crippen LogP contribution in [0.2, 0.25) is 0 Å². The predicted octanol–water partition coefficient (Wildman–Crippen LogP) is 4.07. The van der Waals surface area contributed by atoms with Gasteiger partial charge in [0.15, 0.2) is 6.10 Å². The maximum Gasteiger partial charge on any atom is 0.277 e. The summed E-state index contributed by atoms with van der Waals surface area (Å²) in [7, 11) is 0. The molecule has 3 aromatic carbocycles. The molecule has 172 valence electrons. The van der Waals surface area contributed by atoms with E-state index in [4.69, 9.17) is 4.74 Å². The minimum Gasteiger partial charge on any atom is -0.479 e. The van der Waals surface area contributed by atoms with Gasteiger partial charge < -0.3 is 15.0 Å². The van der Waals surface area contributed by atoms with Crippen molar-refractivity contribution in [1.82, 2.24) is 0 Å². The summed E-state index contributed by atoms with van der Waals surface area (Å²) >= 11 is 0. The van der Waals surface area contributed by atoms with Crippen LogP contribution in [0.25, 0.3) is 0 Å². The van der Waals surface area contributed by atoms with Crippen molar-refractivity contribution in [2.75, 3.05) is 10.2 Å². The Bertz CT molecular complexity index is 1280. The molecule has 1 aliphatic heterocycles. The van der Waals surface area contributed by atoms with E-state index in [1.807, 2.05) is 30.3 Å². The molecule has 11 heteroatoms. The number of rotatable bonds is 6. The summed E-state index contributed by atoms with van der Waals surface area (Å²) in [4.78, 5) is 47.7. The van der Waals surface area contributed by atoms with Gasteiger partial charge >= 0.3 is 0 Å². The molecule has 1 N–H and O–H groups in total. The van der Waals surface area contributed by atoms with Crippen molar-refractivity contribution >= 4 is 34.6 Å². The third-order valence-corrected chi connectivity index (χ3v) is 5.20. The highest BCUT2D eigenvalue weighted by molar-refractivity contribution is 6.06. The fraction of sp³-hybridized carbons (Fsp3) is 0.130. The first-order chi connectivity index (χ1) is 16.2. The number of nitrogens with one attached hydrogen (secondary N) is 1. The molecule has 1 atom stereocenters. The Labute approximate surface area is 192 Å². The van der Waals surface area contributed by atoms with Crippen LogP contribution in [-0.4, -0.2) is 27.8 Å². The summed E-state index contributed by atoms with van der Waals surface area (Å²) in [6, 6.07) is 16.7. The normalized spacial score (nSPS) is 14.7. The van der Waals surface area contributed by atoms with Crippen molar-refractivity contribution in [3.63, 3.8) is 0 Å². The molecule has 34 heavy (non-hydrogen) atoms. The summed E-state index contributed by atoms with van der Waals surface area (Å²) in [6.45, 7) is 1.93. The minimum absolute atomic E-state index is 0.249. The van der Waals surface area contributed by atoms with Gasteiger partial charge in [-0.05, 0) is 30.7 Å². The van der Waals surface area contributed by atoms with E-state index >= 15 is 0 Å². The van der Waals surface area contributed by atoms with E-state index in [1.54, 1.807) is 30.0 Å². The fourth-order valence-corrected chi connectivity index (χ4v) is 3.55. The minimum atomic E-state index is -0.811. The molecule has 0 aliphatic carbocycles. The van der Waals surface area contributed by atoms with Crippen molar-refractivity contribution in [3.8, 4) is 5.75 Å². The van der Waals surface area contributed by atoms with E-state index in [1.165, 1.54) is 0 Å². The summed E-state index contributed by atoms with van der Waals surface area (Å²) in [6.07, 6.45) is -0.693. The molecule has 4 rings (SSSR count). The van der Waals surface area contributed by atoms with Crippen LogP contribution in [0.5, 0.6) is 5.75 Å². The number of nitro benzene ring substituents is 2. The number of amides is 2. The van der Waals surface area contributed by atoms with E-state index in [0.717, 1.165) is 23.8 Å². The Hall–Kier alpha value is -4.80. The summed E-state index contributed by atoms with van der Waals surface area (Å²) in [5.74, 6) is -0.584. The zero-order valence-corrected chi connectivity index (χ0v) is 17.8. The summed E-state index contributed by atoms with van der Waals surface area (Å²) < 4.78 is 5.69. The number of hydrogen-bond donors (Lipinski definition) is 1. The predicted molar refractivity (Wildman–Crippen MR) is 122 cm³/mol. The molecular weight excluding hydrogens is 444 g/mol. The quantitative estimate of drug-likeness (QED) is 0.429. The van der Waals surface area contributed by atoms with Crippen LogP contribution in [0.3, 0.4) is 0 Å². The number of hydrogen-bond acceptors (Lipinski definition) is 7. The van der Waals surface area contributed by atoms with Gasteiger partial charge in [0.25, 0.3) is 23.2 Å². The van der Waals surface area contributed by atoms with Gasteiger partial charge in [0, 0.05) is 17.8 Å². The average Bonchev–Trinajstić information content (AvgIpc) is 2.82. The van der Waals surface area contributed by atoms with E-state index < -0.39 is 33.2 Å². The SMILES string of the molecule is CC1Oc2ccc(NC(=O)c3cc([N+](=O)[O-])cc([N+](=O)[O-])c3)cc2N(Cc2ccccc2)C1=O. The van der Waals surface area contributed by atoms with Gasteiger partial charge in [-0.15, -0.1) is 0 Å². The second-order valence-corrected chi connectivity index (χ2v) is 7.56.